The molecule has 1 aliphatic heterocycles. The van der Waals surface area contributed by atoms with Crippen LogP contribution in [0.2, 0.25) is 0 Å². The Balaban J connectivity index is 2.02. The second-order valence-corrected chi connectivity index (χ2v) is 5.49. The van der Waals surface area contributed by atoms with Crippen LogP contribution in [0.15, 0.2) is 48.5 Å². The maximum absolute atomic E-state index is 5.94. The molecule has 2 aromatic rings. The van der Waals surface area contributed by atoms with Gasteiger partial charge in [-0.1, -0.05) is 48.5 Å². The van der Waals surface area contributed by atoms with E-state index in [1.54, 1.807) is 0 Å². The first-order valence-electron chi connectivity index (χ1n) is 6.78. The molecule has 0 saturated carbocycles. The topological polar surface area (TPSA) is 3.24 Å². The van der Waals surface area contributed by atoms with Crippen molar-refractivity contribution in [1.29, 1.82) is 0 Å². The van der Waals surface area contributed by atoms with Gasteiger partial charge in [0, 0.05) is 25.5 Å². The molecule has 0 atom stereocenters. The number of hydrogen-bond donors (Lipinski definition) is 0. The van der Waals surface area contributed by atoms with Crippen molar-refractivity contribution in [3.05, 3.63) is 70.8 Å². The monoisotopic (exact) mass is 271 g/mol. The van der Waals surface area contributed by atoms with Gasteiger partial charge < -0.3 is 0 Å². The van der Waals surface area contributed by atoms with Crippen LogP contribution in [-0.4, -0.2) is 17.3 Å². The van der Waals surface area contributed by atoms with E-state index in [1.807, 2.05) is 0 Å². The summed E-state index contributed by atoms with van der Waals surface area (Å²) in [7, 11) is 0. The summed E-state index contributed by atoms with van der Waals surface area (Å²) in [6, 6.07) is 17.5. The molecule has 0 amide bonds. The molecule has 0 fully saturated rings. The van der Waals surface area contributed by atoms with Crippen LogP contribution in [-0.2, 0) is 19.5 Å². The van der Waals surface area contributed by atoms with Gasteiger partial charge in [-0.3, -0.25) is 4.90 Å². The number of hydrogen-bond acceptors (Lipinski definition) is 1. The Bertz CT molecular complexity index is 517. The third-order valence-electron chi connectivity index (χ3n) is 3.81. The molecule has 1 nitrogen and oxygen atoms in total. The van der Waals surface area contributed by atoms with Gasteiger partial charge in [0.15, 0.2) is 0 Å². The minimum atomic E-state index is 0.685. The van der Waals surface area contributed by atoms with Gasteiger partial charge in [0.25, 0.3) is 0 Å². The molecule has 2 aromatic carbocycles. The molecule has 0 unspecified atom stereocenters. The van der Waals surface area contributed by atoms with Crippen LogP contribution >= 0.6 is 11.6 Å². The molecule has 19 heavy (non-hydrogen) atoms. The third-order valence-corrected chi connectivity index (χ3v) is 3.98. The predicted molar refractivity (Wildman–Crippen MR) is 80.5 cm³/mol. The fourth-order valence-corrected chi connectivity index (χ4v) is 3.03. The second-order valence-electron chi connectivity index (χ2n) is 5.11. The van der Waals surface area contributed by atoms with Gasteiger partial charge in [0.05, 0.1) is 0 Å². The van der Waals surface area contributed by atoms with Gasteiger partial charge in [0.2, 0.25) is 0 Å². The van der Waals surface area contributed by atoms with Crippen molar-refractivity contribution >= 4 is 11.6 Å². The van der Waals surface area contributed by atoms with Crippen LogP contribution in [0.1, 0.15) is 22.3 Å². The van der Waals surface area contributed by atoms with E-state index in [9.17, 15) is 0 Å². The smallest absolute Gasteiger partial charge is 0.0351 e. The quantitative estimate of drug-likeness (QED) is 0.751. The number of halogens is 1. The summed E-state index contributed by atoms with van der Waals surface area (Å²) < 4.78 is 0. The zero-order valence-corrected chi connectivity index (χ0v) is 11.7. The molecule has 2 heteroatoms. The summed E-state index contributed by atoms with van der Waals surface area (Å²) in [6.45, 7) is 2.93. The lowest BCUT2D eigenvalue weighted by molar-refractivity contribution is 0.270. The van der Waals surface area contributed by atoms with E-state index in [2.05, 4.69) is 53.4 Å². The molecule has 0 saturated heterocycles. The number of benzene rings is 2. The highest BCUT2D eigenvalue weighted by Crippen LogP contribution is 2.23. The second kappa shape index (κ2) is 5.77. The Morgan fingerprint density at radius 1 is 0.789 bits per heavy atom. The maximum Gasteiger partial charge on any atom is 0.0351 e. The Hall–Kier alpha value is -1.31. The average Bonchev–Trinajstić information content (AvgIpc) is 2.41. The van der Waals surface area contributed by atoms with E-state index in [1.165, 1.54) is 22.3 Å². The van der Waals surface area contributed by atoms with Crippen LogP contribution < -0.4 is 0 Å². The summed E-state index contributed by atoms with van der Waals surface area (Å²) in [4.78, 5) is 2.43. The van der Waals surface area contributed by atoms with Crippen LogP contribution in [0.3, 0.4) is 0 Å². The van der Waals surface area contributed by atoms with E-state index in [-0.39, 0.29) is 0 Å². The number of fused-ring (bicyclic) bond motifs is 2. The predicted octanol–water partition coefficient (Wildman–Crippen LogP) is 3.83. The molecule has 1 aliphatic rings. The minimum Gasteiger partial charge on any atom is -0.294 e. The van der Waals surface area contributed by atoms with Gasteiger partial charge in [-0.2, -0.15) is 0 Å². The standard InChI is InChI=1S/C17H18ClN/c18-9-10-19-12-16-7-3-1-5-14(16)11-15-6-2-4-8-17(15)13-19/h1-8H,9-13H2. The van der Waals surface area contributed by atoms with Gasteiger partial charge >= 0.3 is 0 Å². The fourth-order valence-electron chi connectivity index (χ4n) is 2.79. The van der Waals surface area contributed by atoms with Crippen molar-refractivity contribution < 1.29 is 0 Å². The Morgan fingerprint density at radius 3 is 1.74 bits per heavy atom. The Morgan fingerprint density at radius 2 is 1.26 bits per heavy atom. The number of alkyl halides is 1. The lowest BCUT2D eigenvalue weighted by atomic mass is 9.94. The van der Waals surface area contributed by atoms with E-state index < -0.39 is 0 Å². The van der Waals surface area contributed by atoms with E-state index in [0.29, 0.717) is 5.88 Å². The lowest BCUT2D eigenvalue weighted by Gasteiger charge is -2.27. The van der Waals surface area contributed by atoms with Gasteiger partial charge in [0.1, 0.15) is 0 Å². The summed E-state index contributed by atoms with van der Waals surface area (Å²) >= 11 is 5.94. The summed E-state index contributed by atoms with van der Waals surface area (Å²) in [6.07, 6.45) is 1.04. The highest BCUT2D eigenvalue weighted by Gasteiger charge is 2.15. The summed E-state index contributed by atoms with van der Waals surface area (Å²) in [5, 5.41) is 0. The first-order valence-corrected chi connectivity index (χ1v) is 7.32. The van der Waals surface area contributed by atoms with Crippen molar-refractivity contribution in [1.82, 2.24) is 4.90 Å². The molecular weight excluding hydrogens is 254 g/mol. The fraction of sp³-hybridized carbons (Fsp3) is 0.294. The molecule has 0 bridgehead atoms. The number of nitrogens with zero attached hydrogens (tertiary/aromatic N) is 1. The van der Waals surface area contributed by atoms with Gasteiger partial charge in [-0.25, -0.2) is 0 Å². The highest BCUT2D eigenvalue weighted by molar-refractivity contribution is 6.18. The molecule has 1 heterocycles. The molecule has 0 N–H and O–H groups in total. The van der Waals surface area contributed by atoms with Crippen molar-refractivity contribution in [2.24, 2.45) is 0 Å². The summed E-state index contributed by atoms with van der Waals surface area (Å²) in [5.41, 5.74) is 5.74. The molecule has 0 spiro atoms. The SMILES string of the molecule is ClCCN1Cc2ccccc2Cc2ccccc2C1. The normalized spacial score (nSPS) is 15.2. The van der Waals surface area contributed by atoms with Crippen molar-refractivity contribution in [2.45, 2.75) is 19.5 Å². The zero-order valence-electron chi connectivity index (χ0n) is 11.0. The molecule has 3 rings (SSSR count). The van der Waals surface area contributed by atoms with Crippen molar-refractivity contribution in [3.8, 4) is 0 Å². The molecule has 98 valence electrons. The molecule has 0 aromatic heterocycles. The van der Waals surface area contributed by atoms with Gasteiger partial charge in [-0.05, 0) is 28.7 Å². The van der Waals surface area contributed by atoms with Crippen molar-refractivity contribution in [2.75, 3.05) is 12.4 Å². The Kier molecular flexibility index (Phi) is 3.86. The number of rotatable bonds is 2. The zero-order chi connectivity index (χ0) is 13.1. The largest absolute Gasteiger partial charge is 0.294 e. The van der Waals surface area contributed by atoms with Crippen molar-refractivity contribution in [3.63, 3.8) is 0 Å². The summed E-state index contributed by atoms with van der Waals surface area (Å²) in [5.74, 6) is 0.685. The first kappa shape index (κ1) is 12.7. The molecule has 0 radical (unpaired) electrons. The van der Waals surface area contributed by atoms with E-state index in [4.69, 9.17) is 11.6 Å². The molecule has 0 aliphatic carbocycles. The first-order chi connectivity index (χ1) is 9.36. The van der Waals surface area contributed by atoms with Gasteiger partial charge in [-0.15, -0.1) is 11.6 Å². The van der Waals surface area contributed by atoms with Crippen LogP contribution in [0.25, 0.3) is 0 Å². The highest BCUT2D eigenvalue weighted by atomic mass is 35.5. The maximum atomic E-state index is 5.94. The van der Waals surface area contributed by atoms with Crippen LogP contribution in [0.4, 0.5) is 0 Å². The minimum absolute atomic E-state index is 0.685. The molecular formula is C17H18ClN. The van der Waals surface area contributed by atoms with E-state index >= 15 is 0 Å². The third kappa shape index (κ3) is 2.83. The van der Waals surface area contributed by atoms with Crippen LogP contribution in [0, 0.1) is 0 Å². The van der Waals surface area contributed by atoms with Crippen LogP contribution in [0.5, 0.6) is 0 Å². The Labute approximate surface area is 119 Å². The average molecular weight is 272 g/mol. The lowest BCUT2D eigenvalue weighted by Crippen LogP contribution is -2.27. The van der Waals surface area contributed by atoms with E-state index in [0.717, 1.165) is 26.1 Å².